The van der Waals surface area contributed by atoms with E-state index in [4.69, 9.17) is 0 Å². The molecule has 0 unspecified atom stereocenters. The standard InChI is InChI=1S/C19H21N3O4/c1-12-3-6-16(13(2)9-12)21-18(25)7-8-19(26)22-20-11-14-4-5-15(23)10-17(14)24/h3-6,9-11,23-24H,7-8H2,1-2H3,(H,21,25)(H,22,26)/b20-11+. The minimum absolute atomic E-state index is 0.0182. The van der Waals surface area contributed by atoms with Gasteiger partial charge in [-0.2, -0.15) is 5.10 Å². The highest BCUT2D eigenvalue weighted by Gasteiger charge is 2.08. The monoisotopic (exact) mass is 355 g/mol. The van der Waals surface area contributed by atoms with E-state index in [-0.39, 0.29) is 30.2 Å². The molecule has 0 aliphatic rings. The molecule has 7 heteroatoms. The molecule has 0 spiro atoms. The Morgan fingerprint density at radius 2 is 1.77 bits per heavy atom. The molecule has 0 saturated carbocycles. The second-order valence-electron chi connectivity index (χ2n) is 5.90. The number of aryl methyl sites for hydroxylation is 2. The second kappa shape index (κ2) is 8.66. The molecule has 136 valence electrons. The first-order valence-electron chi connectivity index (χ1n) is 8.06. The zero-order valence-corrected chi connectivity index (χ0v) is 14.6. The number of phenols is 2. The lowest BCUT2D eigenvalue weighted by Crippen LogP contribution is -2.20. The van der Waals surface area contributed by atoms with Gasteiger partial charge in [0.2, 0.25) is 11.8 Å². The Labute approximate surface area is 151 Å². The minimum Gasteiger partial charge on any atom is -0.508 e. The Bertz CT molecular complexity index is 847. The largest absolute Gasteiger partial charge is 0.508 e. The maximum Gasteiger partial charge on any atom is 0.240 e. The molecule has 7 nitrogen and oxygen atoms in total. The van der Waals surface area contributed by atoms with Crippen LogP contribution >= 0.6 is 0 Å². The quantitative estimate of drug-likeness (QED) is 0.471. The first-order valence-corrected chi connectivity index (χ1v) is 8.06. The van der Waals surface area contributed by atoms with Crippen molar-refractivity contribution < 1.29 is 19.8 Å². The molecule has 26 heavy (non-hydrogen) atoms. The van der Waals surface area contributed by atoms with Gasteiger partial charge in [0.1, 0.15) is 11.5 Å². The number of hydrogen-bond donors (Lipinski definition) is 4. The molecule has 2 aromatic rings. The maximum absolute atomic E-state index is 11.9. The molecule has 2 rings (SSSR count). The molecule has 0 aromatic heterocycles. The number of phenolic OH excluding ortho intramolecular Hbond substituents is 2. The van der Waals surface area contributed by atoms with Crippen molar-refractivity contribution in [3.63, 3.8) is 0 Å². The van der Waals surface area contributed by atoms with Gasteiger partial charge in [0, 0.05) is 30.2 Å². The number of hydrogen-bond acceptors (Lipinski definition) is 5. The molecular formula is C19H21N3O4. The zero-order valence-electron chi connectivity index (χ0n) is 14.6. The summed E-state index contributed by atoms with van der Waals surface area (Å²) in [5.74, 6) is -0.906. The first kappa shape index (κ1) is 19.0. The van der Waals surface area contributed by atoms with Crippen LogP contribution in [0.2, 0.25) is 0 Å². The number of carbonyl (C=O) groups is 2. The first-order chi connectivity index (χ1) is 12.3. The fourth-order valence-corrected chi connectivity index (χ4v) is 2.26. The summed E-state index contributed by atoms with van der Waals surface area (Å²) in [5, 5.41) is 25.3. The summed E-state index contributed by atoms with van der Waals surface area (Å²) in [6, 6.07) is 9.72. The van der Waals surface area contributed by atoms with E-state index in [9.17, 15) is 19.8 Å². The molecule has 0 fully saturated rings. The van der Waals surface area contributed by atoms with Gasteiger partial charge in [0.05, 0.1) is 6.21 Å². The van der Waals surface area contributed by atoms with Crippen molar-refractivity contribution in [2.75, 3.05) is 5.32 Å². The van der Waals surface area contributed by atoms with Gasteiger partial charge in [-0.05, 0) is 37.6 Å². The van der Waals surface area contributed by atoms with Crippen LogP contribution < -0.4 is 10.7 Å². The number of aromatic hydroxyl groups is 2. The number of amides is 2. The topological polar surface area (TPSA) is 111 Å². The highest BCUT2D eigenvalue weighted by molar-refractivity contribution is 5.94. The van der Waals surface area contributed by atoms with E-state index >= 15 is 0 Å². The molecule has 2 amide bonds. The highest BCUT2D eigenvalue weighted by Crippen LogP contribution is 2.20. The summed E-state index contributed by atoms with van der Waals surface area (Å²) in [4.78, 5) is 23.7. The number of nitrogens with one attached hydrogen (secondary N) is 2. The molecule has 4 N–H and O–H groups in total. The fraction of sp³-hybridized carbons (Fsp3) is 0.211. The molecule has 2 aromatic carbocycles. The van der Waals surface area contributed by atoms with Gasteiger partial charge in [0.25, 0.3) is 0 Å². The van der Waals surface area contributed by atoms with Crippen LogP contribution in [-0.2, 0) is 9.59 Å². The van der Waals surface area contributed by atoms with Crippen molar-refractivity contribution in [3.8, 4) is 11.5 Å². The third-order valence-electron chi connectivity index (χ3n) is 3.64. The lowest BCUT2D eigenvalue weighted by Gasteiger charge is -2.08. The lowest BCUT2D eigenvalue weighted by molar-refractivity contribution is -0.124. The van der Waals surface area contributed by atoms with Crippen LogP contribution in [0.4, 0.5) is 5.69 Å². The molecule has 0 atom stereocenters. The van der Waals surface area contributed by atoms with Gasteiger partial charge < -0.3 is 15.5 Å². The third-order valence-corrected chi connectivity index (χ3v) is 3.64. The normalized spacial score (nSPS) is 10.7. The number of nitrogens with zero attached hydrogens (tertiary/aromatic N) is 1. The van der Waals surface area contributed by atoms with Crippen molar-refractivity contribution in [1.29, 1.82) is 0 Å². The summed E-state index contributed by atoms with van der Waals surface area (Å²) < 4.78 is 0. The van der Waals surface area contributed by atoms with Gasteiger partial charge >= 0.3 is 0 Å². The molecular weight excluding hydrogens is 334 g/mol. The number of anilines is 1. The van der Waals surface area contributed by atoms with Crippen LogP contribution in [0.25, 0.3) is 0 Å². The van der Waals surface area contributed by atoms with E-state index in [1.54, 1.807) is 0 Å². The van der Waals surface area contributed by atoms with E-state index in [0.29, 0.717) is 5.56 Å². The molecule has 0 saturated heterocycles. The molecule has 0 aliphatic heterocycles. The number of hydrazone groups is 1. The van der Waals surface area contributed by atoms with Gasteiger partial charge in [-0.1, -0.05) is 17.7 Å². The molecule has 0 bridgehead atoms. The van der Waals surface area contributed by atoms with Crippen LogP contribution in [0.15, 0.2) is 41.5 Å². The van der Waals surface area contributed by atoms with Crippen LogP contribution in [0.3, 0.4) is 0 Å². The van der Waals surface area contributed by atoms with Gasteiger partial charge in [0.15, 0.2) is 0 Å². The Morgan fingerprint density at radius 1 is 1.04 bits per heavy atom. The Balaban J connectivity index is 1.79. The van der Waals surface area contributed by atoms with Crippen molar-refractivity contribution in [2.24, 2.45) is 5.10 Å². The highest BCUT2D eigenvalue weighted by atomic mass is 16.3. The Morgan fingerprint density at radius 3 is 2.46 bits per heavy atom. The number of rotatable bonds is 6. The van der Waals surface area contributed by atoms with Gasteiger partial charge in [-0.3, -0.25) is 9.59 Å². The van der Waals surface area contributed by atoms with E-state index in [0.717, 1.165) is 16.8 Å². The predicted molar refractivity (Wildman–Crippen MR) is 99.3 cm³/mol. The van der Waals surface area contributed by atoms with Crippen LogP contribution in [0.5, 0.6) is 11.5 Å². The predicted octanol–water partition coefficient (Wildman–Crippen LogP) is 2.58. The van der Waals surface area contributed by atoms with E-state index < -0.39 is 5.91 Å². The molecule has 0 radical (unpaired) electrons. The maximum atomic E-state index is 11.9. The average Bonchev–Trinajstić information content (AvgIpc) is 2.57. The molecule has 0 aliphatic carbocycles. The van der Waals surface area contributed by atoms with Crippen LogP contribution in [0, 0.1) is 13.8 Å². The van der Waals surface area contributed by atoms with E-state index in [1.807, 2.05) is 32.0 Å². The van der Waals surface area contributed by atoms with E-state index in [2.05, 4.69) is 15.8 Å². The van der Waals surface area contributed by atoms with E-state index in [1.165, 1.54) is 24.4 Å². The van der Waals surface area contributed by atoms with Crippen LogP contribution in [-0.4, -0.2) is 28.2 Å². The third kappa shape index (κ3) is 5.62. The number of benzene rings is 2. The second-order valence-corrected chi connectivity index (χ2v) is 5.90. The van der Waals surface area contributed by atoms with Crippen LogP contribution in [0.1, 0.15) is 29.5 Å². The summed E-state index contributed by atoms with van der Waals surface area (Å²) in [7, 11) is 0. The summed E-state index contributed by atoms with van der Waals surface area (Å²) in [6.45, 7) is 3.88. The summed E-state index contributed by atoms with van der Waals surface area (Å²) >= 11 is 0. The zero-order chi connectivity index (χ0) is 19.1. The van der Waals surface area contributed by atoms with Crippen molar-refractivity contribution in [3.05, 3.63) is 53.1 Å². The van der Waals surface area contributed by atoms with Gasteiger partial charge in [-0.25, -0.2) is 5.43 Å². The summed E-state index contributed by atoms with van der Waals surface area (Å²) in [5.41, 5.74) is 5.42. The minimum atomic E-state index is -0.421. The van der Waals surface area contributed by atoms with Gasteiger partial charge in [-0.15, -0.1) is 0 Å². The van der Waals surface area contributed by atoms with Crippen molar-refractivity contribution in [1.82, 2.24) is 5.43 Å². The average molecular weight is 355 g/mol. The smallest absolute Gasteiger partial charge is 0.240 e. The van der Waals surface area contributed by atoms with Crippen molar-refractivity contribution in [2.45, 2.75) is 26.7 Å². The SMILES string of the molecule is Cc1ccc(NC(=O)CCC(=O)N/N=C/c2ccc(O)cc2O)c(C)c1. The molecule has 0 heterocycles. The number of carbonyl (C=O) groups excluding carboxylic acids is 2. The fourth-order valence-electron chi connectivity index (χ4n) is 2.26. The summed E-state index contributed by atoms with van der Waals surface area (Å²) in [6.07, 6.45) is 1.26. The Hall–Kier alpha value is -3.35. The van der Waals surface area contributed by atoms with Crippen molar-refractivity contribution >= 4 is 23.7 Å². The Kier molecular flexibility index (Phi) is 6.32. The lowest BCUT2D eigenvalue weighted by atomic mass is 10.1.